The molecule has 0 aliphatic rings. The number of unbranched alkanes of at least 4 members (excludes halogenated alkanes) is 28. The third kappa shape index (κ3) is 33.9. The lowest BCUT2D eigenvalue weighted by Gasteiger charge is -2.16. The van der Waals surface area contributed by atoms with Crippen molar-refractivity contribution in [1.29, 1.82) is 0 Å². The molecule has 0 bridgehead atoms. The Morgan fingerprint density at radius 3 is 1.12 bits per heavy atom. The Kier molecular flexibility index (Phi) is 36.0. The summed E-state index contributed by atoms with van der Waals surface area (Å²) in [5.74, 6) is -0.195. The van der Waals surface area contributed by atoms with Crippen LogP contribution >= 0.6 is 0 Å². The Hall–Kier alpha value is -0.610. The number of hydrogen-bond donors (Lipinski definition) is 1. The lowest BCUT2D eigenvalue weighted by Crippen LogP contribution is -2.27. The van der Waals surface area contributed by atoms with Gasteiger partial charge >= 0.3 is 5.97 Å². The van der Waals surface area contributed by atoms with Crippen LogP contribution < -0.4 is 0 Å². The number of aliphatic hydroxyl groups is 1. The zero-order valence-corrected chi connectivity index (χ0v) is 28.8. The molecule has 0 aromatic rings. The van der Waals surface area contributed by atoms with E-state index < -0.39 is 6.10 Å². The highest BCUT2D eigenvalue weighted by atomic mass is 16.6. The van der Waals surface area contributed by atoms with Crippen molar-refractivity contribution in [2.24, 2.45) is 0 Å². The van der Waals surface area contributed by atoms with Gasteiger partial charge in [-0.25, -0.2) is 0 Å². The molecule has 1 atom stereocenters. The molecule has 0 fully saturated rings. The molecule has 42 heavy (non-hydrogen) atoms. The van der Waals surface area contributed by atoms with E-state index in [0.29, 0.717) is 19.6 Å². The number of hydrogen-bond acceptors (Lipinski definition) is 4. The van der Waals surface area contributed by atoms with Crippen molar-refractivity contribution in [3.05, 3.63) is 0 Å². The van der Waals surface area contributed by atoms with E-state index in [9.17, 15) is 9.90 Å². The molecule has 0 saturated carbocycles. The second kappa shape index (κ2) is 36.6. The van der Waals surface area contributed by atoms with Gasteiger partial charge in [0, 0.05) is 13.0 Å². The predicted octanol–water partition coefficient (Wildman–Crippen LogP) is 12.0. The number of rotatable bonds is 36. The first-order valence-corrected chi connectivity index (χ1v) is 19.1. The Bertz CT molecular complexity index is 509. The van der Waals surface area contributed by atoms with Gasteiger partial charge in [-0.15, -0.1) is 0 Å². The fourth-order valence-electron chi connectivity index (χ4n) is 5.80. The van der Waals surface area contributed by atoms with E-state index in [2.05, 4.69) is 13.8 Å². The van der Waals surface area contributed by atoms with Gasteiger partial charge in [-0.05, 0) is 12.8 Å². The first-order valence-electron chi connectivity index (χ1n) is 19.1. The first kappa shape index (κ1) is 41.4. The molecule has 0 spiro atoms. The average molecular weight is 597 g/mol. The standard InChI is InChI=1S/C38H76O4/c1-3-5-7-9-11-13-15-17-18-19-20-21-22-23-25-27-29-31-33-38(40)42-37(35-39)36-41-34-32-30-28-26-24-16-14-12-10-8-6-4-2/h37,39H,3-36H2,1-2H3. The summed E-state index contributed by atoms with van der Waals surface area (Å²) in [5.41, 5.74) is 0. The third-order valence-electron chi connectivity index (χ3n) is 8.68. The molecule has 252 valence electrons. The molecule has 4 heteroatoms. The summed E-state index contributed by atoms with van der Waals surface area (Å²) < 4.78 is 11.1. The minimum Gasteiger partial charge on any atom is -0.457 e. The lowest BCUT2D eigenvalue weighted by molar-refractivity contribution is -0.154. The van der Waals surface area contributed by atoms with Gasteiger partial charge in [0.25, 0.3) is 0 Å². The van der Waals surface area contributed by atoms with Gasteiger partial charge in [-0.2, -0.15) is 0 Å². The molecule has 0 aromatic carbocycles. The van der Waals surface area contributed by atoms with E-state index in [-0.39, 0.29) is 12.6 Å². The van der Waals surface area contributed by atoms with Crippen molar-refractivity contribution in [3.63, 3.8) is 0 Å². The summed E-state index contributed by atoms with van der Waals surface area (Å²) in [5, 5.41) is 9.55. The molecular weight excluding hydrogens is 520 g/mol. The summed E-state index contributed by atoms with van der Waals surface area (Å²) >= 11 is 0. The van der Waals surface area contributed by atoms with E-state index >= 15 is 0 Å². The van der Waals surface area contributed by atoms with Crippen LogP contribution in [0, 0.1) is 0 Å². The van der Waals surface area contributed by atoms with Crippen LogP contribution in [-0.4, -0.2) is 37.0 Å². The fraction of sp³-hybridized carbons (Fsp3) is 0.974. The van der Waals surface area contributed by atoms with Crippen LogP contribution in [0.25, 0.3) is 0 Å². The molecular formula is C38H76O4. The molecule has 0 aliphatic heterocycles. The van der Waals surface area contributed by atoms with Crippen LogP contribution in [0.2, 0.25) is 0 Å². The van der Waals surface area contributed by atoms with E-state index in [1.165, 1.54) is 173 Å². The average Bonchev–Trinajstić information content (AvgIpc) is 3.00. The molecule has 0 heterocycles. The smallest absolute Gasteiger partial charge is 0.306 e. The van der Waals surface area contributed by atoms with Crippen molar-refractivity contribution < 1.29 is 19.4 Å². The molecule has 4 nitrogen and oxygen atoms in total. The highest BCUT2D eigenvalue weighted by Gasteiger charge is 2.13. The molecule has 0 radical (unpaired) electrons. The molecule has 0 saturated heterocycles. The number of esters is 1. The summed E-state index contributed by atoms with van der Waals surface area (Å²) in [7, 11) is 0. The minimum atomic E-state index is -0.523. The van der Waals surface area contributed by atoms with E-state index in [1.807, 2.05) is 0 Å². The van der Waals surface area contributed by atoms with Gasteiger partial charge in [0.2, 0.25) is 0 Å². The largest absolute Gasteiger partial charge is 0.457 e. The molecule has 0 aromatic heterocycles. The van der Waals surface area contributed by atoms with Crippen LogP contribution in [0.4, 0.5) is 0 Å². The second-order valence-electron chi connectivity index (χ2n) is 13.0. The van der Waals surface area contributed by atoms with Gasteiger partial charge in [0.1, 0.15) is 6.10 Å². The van der Waals surface area contributed by atoms with Crippen molar-refractivity contribution in [2.45, 2.75) is 219 Å². The molecule has 1 unspecified atom stereocenters. The maximum absolute atomic E-state index is 12.1. The Morgan fingerprint density at radius 1 is 0.476 bits per heavy atom. The summed E-state index contributed by atoms with van der Waals surface area (Å²) in [6, 6.07) is 0. The highest BCUT2D eigenvalue weighted by Crippen LogP contribution is 2.15. The quantitative estimate of drug-likeness (QED) is 0.0577. The Morgan fingerprint density at radius 2 is 0.786 bits per heavy atom. The van der Waals surface area contributed by atoms with Crippen molar-refractivity contribution >= 4 is 5.97 Å². The first-order chi connectivity index (χ1) is 20.7. The van der Waals surface area contributed by atoms with Crippen LogP contribution in [0.15, 0.2) is 0 Å². The normalized spacial score (nSPS) is 12.2. The van der Waals surface area contributed by atoms with Crippen LogP contribution in [0.3, 0.4) is 0 Å². The monoisotopic (exact) mass is 597 g/mol. The van der Waals surface area contributed by atoms with Gasteiger partial charge in [-0.1, -0.05) is 194 Å². The summed E-state index contributed by atoms with van der Waals surface area (Å²) in [4.78, 5) is 12.1. The maximum Gasteiger partial charge on any atom is 0.306 e. The lowest BCUT2D eigenvalue weighted by atomic mass is 10.0. The SMILES string of the molecule is CCCCCCCCCCCCCCCCCCCCC(=O)OC(CO)COCCCCCCCCCCCCCC. The van der Waals surface area contributed by atoms with Crippen molar-refractivity contribution in [2.75, 3.05) is 19.8 Å². The predicted molar refractivity (Wildman–Crippen MR) is 182 cm³/mol. The van der Waals surface area contributed by atoms with Gasteiger partial charge < -0.3 is 14.6 Å². The molecule has 0 aliphatic carbocycles. The number of carbonyl (C=O) groups excluding carboxylic acids is 1. The van der Waals surface area contributed by atoms with Crippen LogP contribution in [-0.2, 0) is 14.3 Å². The number of ether oxygens (including phenoxy) is 2. The highest BCUT2D eigenvalue weighted by molar-refractivity contribution is 5.69. The number of aliphatic hydroxyl groups excluding tert-OH is 1. The number of carbonyl (C=O) groups is 1. The third-order valence-corrected chi connectivity index (χ3v) is 8.68. The van der Waals surface area contributed by atoms with Crippen molar-refractivity contribution in [3.8, 4) is 0 Å². The second-order valence-corrected chi connectivity index (χ2v) is 13.0. The summed E-state index contributed by atoms with van der Waals surface area (Å²) in [6.07, 6.45) is 40.0. The van der Waals surface area contributed by atoms with Gasteiger partial charge in [0.05, 0.1) is 13.2 Å². The Labute approximate surface area is 263 Å². The van der Waals surface area contributed by atoms with Crippen molar-refractivity contribution in [1.82, 2.24) is 0 Å². The molecule has 1 N–H and O–H groups in total. The van der Waals surface area contributed by atoms with E-state index in [4.69, 9.17) is 9.47 Å². The Balaban J connectivity index is 3.37. The summed E-state index contributed by atoms with van der Waals surface area (Å²) in [6.45, 7) is 5.39. The molecule has 0 rings (SSSR count). The zero-order valence-electron chi connectivity index (χ0n) is 28.8. The topological polar surface area (TPSA) is 55.8 Å². The minimum absolute atomic E-state index is 0.163. The maximum atomic E-state index is 12.1. The van der Waals surface area contributed by atoms with E-state index in [0.717, 1.165) is 19.3 Å². The zero-order chi connectivity index (χ0) is 30.6. The van der Waals surface area contributed by atoms with Gasteiger partial charge in [-0.3, -0.25) is 4.79 Å². The van der Waals surface area contributed by atoms with Crippen LogP contribution in [0.1, 0.15) is 213 Å². The van der Waals surface area contributed by atoms with Gasteiger partial charge in [0.15, 0.2) is 0 Å². The van der Waals surface area contributed by atoms with Crippen LogP contribution in [0.5, 0.6) is 0 Å². The van der Waals surface area contributed by atoms with E-state index in [1.54, 1.807) is 0 Å². The fourth-order valence-corrected chi connectivity index (χ4v) is 5.80. The molecule has 0 amide bonds.